The quantitative estimate of drug-likeness (QED) is 0.884. The third-order valence-electron chi connectivity index (χ3n) is 4.43. The van der Waals surface area contributed by atoms with Crippen LogP contribution >= 0.6 is 23.4 Å². The highest BCUT2D eigenvalue weighted by Crippen LogP contribution is 2.29. The second kappa shape index (κ2) is 6.88. The highest BCUT2D eigenvalue weighted by Gasteiger charge is 2.37. The maximum atomic E-state index is 13.5. The molecule has 3 rings (SSSR count). The van der Waals surface area contributed by atoms with E-state index in [4.69, 9.17) is 11.6 Å². The first-order valence-electron chi connectivity index (χ1n) is 7.92. The second-order valence-electron chi connectivity index (χ2n) is 6.37. The minimum atomic E-state index is -0.497. The van der Waals surface area contributed by atoms with Gasteiger partial charge in [-0.25, -0.2) is 4.39 Å². The Morgan fingerprint density at radius 3 is 2.80 bits per heavy atom. The Morgan fingerprint density at radius 2 is 2.12 bits per heavy atom. The van der Waals surface area contributed by atoms with Gasteiger partial charge in [0, 0.05) is 24.2 Å². The van der Waals surface area contributed by atoms with Crippen LogP contribution in [-0.2, 0) is 4.79 Å². The van der Waals surface area contributed by atoms with E-state index in [1.807, 2.05) is 13.8 Å². The predicted molar refractivity (Wildman–Crippen MR) is 98.5 cm³/mol. The van der Waals surface area contributed by atoms with Crippen LogP contribution in [0.4, 0.5) is 4.39 Å². The summed E-state index contributed by atoms with van der Waals surface area (Å²) in [5.41, 5.74) is 0.761. The molecule has 25 heavy (non-hydrogen) atoms. The van der Waals surface area contributed by atoms with Crippen molar-refractivity contribution < 1.29 is 14.0 Å². The molecule has 5 nitrogen and oxygen atoms in total. The fourth-order valence-electron chi connectivity index (χ4n) is 2.77. The highest BCUT2D eigenvalue weighted by molar-refractivity contribution is 7.99. The molecule has 1 aliphatic rings. The lowest BCUT2D eigenvalue weighted by Gasteiger charge is -2.29. The van der Waals surface area contributed by atoms with Gasteiger partial charge >= 0.3 is 0 Å². The molecule has 1 fully saturated rings. The van der Waals surface area contributed by atoms with Gasteiger partial charge in [-0.15, -0.1) is 11.8 Å². The zero-order valence-electron chi connectivity index (χ0n) is 14.2. The summed E-state index contributed by atoms with van der Waals surface area (Å²) in [6.07, 6.45) is 0. The third-order valence-corrected chi connectivity index (χ3v) is 5.76. The van der Waals surface area contributed by atoms with E-state index in [9.17, 15) is 14.0 Å². The largest absolute Gasteiger partial charge is 0.350 e. The predicted octanol–water partition coefficient (Wildman–Crippen LogP) is 3.34. The van der Waals surface area contributed by atoms with Gasteiger partial charge in [-0.3, -0.25) is 9.59 Å². The molecule has 1 aromatic carbocycles. The van der Waals surface area contributed by atoms with Crippen LogP contribution in [0.1, 0.15) is 24.3 Å². The Bertz CT molecular complexity index is 839. The Morgan fingerprint density at radius 1 is 1.40 bits per heavy atom. The number of carbonyl (C=O) groups excluding carboxylic acids is 2. The first kappa shape index (κ1) is 18.1. The molecule has 1 aliphatic heterocycles. The van der Waals surface area contributed by atoms with Crippen molar-refractivity contribution in [3.8, 4) is 0 Å². The molecule has 1 atom stereocenters. The monoisotopic (exact) mass is 383 g/mol. The first-order chi connectivity index (χ1) is 11.8. The van der Waals surface area contributed by atoms with E-state index < -0.39 is 11.9 Å². The second-order valence-corrected chi connectivity index (χ2v) is 7.77. The molecule has 134 valence electrons. The van der Waals surface area contributed by atoms with E-state index in [1.54, 1.807) is 34.7 Å². The van der Waals surface area contributed by atoms with Crippen LogP contribution in [-0.4, -0.2) is 57.4 Å². The number of thioether (sulfide) groups is 1. The fraction of sp³-hybridized carbons (Fsp3) is 0.412. The summed E-state index contributed by atoms with van der Waals surface area (Å²) in [4.78, 5) is 31.7. The van der Waals surface area contributed by atoms with Crippen molar-refractivity contribution in [1.82, 2.24) is 14.8 Å². The molecule has 1 aromatic heterocycles. The Labute approximate surface area is 154 Å². The van der Waals surface area contributed by atoms with Crippen molar-refractivity contribution in [2.24, 2.45) is 0 Å². The number of aromatic amines is 1. The molecule has 1 saturated heterocycles. The molecule has 0 spiro atoms. The average Bonchev–Trinajstić information content (AvgIpc) is 3.19. The summed E-state index contributed by atoms with van der Waals surface area (Å²) in [6.45, 7) is 3.86. The number of carbonyl (C=O) groups is 2. The van der Waals surface area contributed by atoms with Crippen molar-refractivity contribution in [1.29, 1.82) is 0 Å². The molecular formula is C17H19ClFN3O2S. The standard InChI is InChI=1S/C17H19ClFN3O2S/c1-9(2)21(3)17(24)15-7-25-8-22(15)16(23)14-6-11-12(18)4-10(19)5-13(11)20-14/h4-6,9,15,20H,7-8H2,1-3H3. The number of nitrogens with one attached hydrogen (secondary N) is 1. The van der Waals surface area contributed by atoms with Crippen molar-refractivity contribution >= 4 is 46.1 Å². The van der Waals surface area contributed by atoms with Crippen LogP contribution in [0.3, 0.4) is 0 Å². The van der Waals surface area contributed by atoms with Gasteiger partial charge in [-0.05, 0) is 32.0 Å². The molecule has 0 bridgehead atoms. The molecule has 1 N–H and O–H groups in total. The summed E-state index contributed by atoms with van der Waals surface area (Å²) < 4.78 is 13.5. The van der Waals surface area contributed by atoms with Gasteiger partial charge in [0.05, 0.1) is 16.4 Å². The van der Waals surface area contributed by atoms with E-state index in [-0.39, 0.29) is 22.9 Å². The molecule has 8 heteroatoms. The van der Waals surface area contributed by atoms with Crippen molar-refractivity contribution in [2.75, 3.05) is 18.7 Å². The number of nitrogens with zero attached hydrogens (tertiary/aromatic N) is 2. The van der Waals surface area contributed by atoms with Gasteiger partial charge in [-0.1, -0.05) is 11.6 Å². The summed E-state index contributed by atoms with van der Waals surface area (Å²) >= 11 is 7.59. The van der Waals surface area contributed by atoms with E-state index >= 15 is 0 Å². The van der Waals surface area contributed by atoms with Crippen LogP contribution in [0.15, 0.2) is 18.2 Å². The maximum Gasteiger partial charge on any atom is 0.271 e. The number of rotatable bonds is 3. The van der Waals surface area contributed by atoms with Gasteiger partial charge in [0.15, 0.2) is 0 Å². The smallest absolute Gasteiger partial charge is 0.271 e. The lowest BCUT2D eigenvalue weighted by Crippen LogP contribution is -2.49. The summed E-state index contributed by atoms with van der Waals surface area (Å²) in [6, 6.07) is 3.68. The Kier molecular flexibility index (Phi) is 4.97. The van der Waals surface area contributed by atoms with E-state index in [0.29, 0.717) is 28.2 Å². The number of amides is 2. The minimum absolute atomic E-state index is 0.0601. The van der Waals surface area contributed by atoms with Crippen molar-refractivity contribution in [3.05, 3.63) is 34.7 Å². The molecule has 2 heterocycles. The zero-order chi connectivity index (χ0) is 18.3. The van der Waals surface area contributed by atoms with E-state index in [0.717, 1.165) is 0 Å². The number of benzene rings is 1. The zero-order valence-corrected chi connectivity index (χ0v) is 15.7. The Hall–Kier alpha value is -1.73. The molecule has 0 aliphatic carbocycles. The van der Waals surface area contributed by atoms with Gasteiger partial charge < -0.3 is 14.8 Å². The van der Waals surface area contributed by atoms with Crippen molar-refractivity contribution in [2.45, 2.75) is 25.9 Å². The number of likely N-dealkylation sites (N-methyl/N-ethyl adjacent to an activating group) is 1. The first-order valence-corrected chi connectivity index (χ1v) is 9.46. The van der Waals surface area contributed by atoms with Crippen LogP contribution in [0, 0.1) is 5.82 Å². The van der Waals surface area contributed by atoms with Crippen LogP contribution in [0.2, 0.25) is 5.02 Å². The fourth-order valence-corrected chi connectivity index (χ4v) is 4.17. The summed E-state index contributed by atoms with van der Waals surface area (Å²) in [5, 5.41) is 0.828. The maximum absolute atomic E-state index is 13.5. The summed E-state index contributed by atoms with van der Waals surface area (Å²) in [7, 11) is 1.74. The molecule has 1 unspecified atom stereocenters. The van der Waals surface area contributed by atoms with Crippen molar-refractivity contribution in [3.63, 3.8) is 0 Å². The molecule has 0 saturated carbocycles. The van der Waals surface area contributed by atoms with Crippen LogP contribution < -0.4 is 0 Å². The average molecular weight is 384 g/mol. The molecule has 0 radical (unpaired) electrons. The van der Waals surface area contributed by atoms with Gasteiger partial charge in [0.1, 0.15) is 17.6 Å². The summed E-state index contributed by atoms with van der Waals surface area (Å²) in [5.74, 6) is 0.180. The van der Waals surface area contributed by atoms with Gasteiger partial charge in [-0.2, -0.15) is 0 Å². The third kappa shape index (κ3) is 3.35. The number of fused-ring (bicyclic) bond motifs is 1. The highest BCUT2D eigenvalue weighted by atomic mass is 35.5. The lowest BCUT2D eigenvalue weighted by molar-refractivity contribution is -0.135. The number of hydrogen-bond donors (Lipinski definition) is 1. The normalized spacial score (nSPS) is 17.5. The SMILES string of the molecule is CC(C)N(C)C(=O)C1CSCN1C(=O)c1cc2c(Cl)cc(F)cc2[nH]1. The van der Waals surface area contributed by atoms with Gasteiger partial charge in [0.2, 0.25) is 5.91 Å². The number of hydrogen-bond acceptors (Lipinski definition) is 3. The number of aromatic nitrogens is 1. The van der Waals surface area contributed by atoms with Crippen LogP contribution in [0.5, 0.6) is 0 Å². The number of halogens is 2. The molecule has 2 amide bonds. The van der Waals surface area contributed by atoms with E-state index in [1.165, 1.54) is 12.1 Å². The minimum Gasteiger partial charge on any atom is -0.350 e. The van der Waals surface area contributed by atoms with Crippen LogP contribution in [0.25, 0.3) is 10.9 Å². The molecule has 2 aromatic rings. The van der Waals surface area contributed by atoms with Gasteiger partial charge in [0.25, 0.3) is 5.91 Å². The van der Waals surface area contributed by atoms with E-state index in [2.05, 4.69) is 4.98 Å². The topological polar surface area (TPSA) is 56.4 Å². The lowest BCUT2D eigenvalue weighted by atomic mass is 10.2. The number of H-pyrrole nitrogens is 1. The Balaban J connectivity index is 1.89. The molecular weight excluding hydrogens is 365 g/mol.